The van der Waals surface area contributed by atoms with E-state index in [4.69, 9.17) is 16.3 Å². The van der Waals surface area contributed by atoms with Gasteiger partial charge in [-0.2, -0.15) is 0 Å². The van der Waals surface area contributed by atoms with Crippen LogP contribution in [0.4, 0.5) is 0 Å². The van der Waals surface area contributed by atoms with Crippen LogP contribution in [0.3, 0.4) is 0 Å². The number of nitrogens with zero attached hydrogens (tertiary/aromatic N) is 2. The fourth-order valence-electron chi connectivity index (χ4n) is 4.41. The second-order valence-electron chi connectivity index (χ2n) is 7.78. The fourth-order valence-corrected chi connectivity index (χ4v) is 4.54. The molecule has 2 amide bonds. The number of rotatable bonds is 7. The zero-order chi connectivity index (χ0) is 20.1. The van der Waals surface area contributed by atoms with Gasteiger partial charge in [-0.3, -0.25) is 14.5 Å². The summed E-state index contributed by atoms with van der Waals surface area (Å²) in [5.74, 6) is 0.0840. The highest BCUT2D eigenvalue weighted by molar-refractivity contribution is 6.30. The van der Waals surface area contributed by atoms with Crippen LogP contribution in [0.15, 0.2) is 24.3 Å². The summed E-state index contributed by atoms with van der Waals surface area (Å²) in [6, 6.07) is 7.56. The summed E-state index contributed by atoms with van der Waals surface area (Å²) < 4.78 is 5.00. The lowest BCUT2D eigenvalue weighted by Crippen LogP contribution is -2.46. The molecule has 1 unspecified atom stereocenters. The van der Waals surface area contributed by atoms with Crippen molar-refractivity contribution in [3.63, 3.8) is 0 Å². The lowest BCUT2D eigenvalue weighted by molar-refractivity contribution is -0.141. The molecule has 0 aliphatic carbocycles. The average molecular weight is 408 g/mol. The van der Waals surface area contributed by atoms with Crippen molar-refractivity contribution in [2.45, 2.75) is 38.8 Å². The maximum atomic E-state index is 13.1. The number of likely N-dealkylation sites (tertiary alicyclic amines) is 2. The Balaban J connectivity index is 1.60. The normalized spacial score (nSPS) is 22.0. The number of halogens is 1. The van der Waals surface area contributed by atoms with Crippen molar-refractivity contribution in [1.82, 2.24) is 15.1 Å². The van der Waals surface area contributed by atoms with Crippen LogP contribution in [-0.4, -0.2) is 67.6 Å². The molecule has 1 aromatic rings. The molecule has 7 heteroatoms. The van der Waals surface area contributed by atoms with Crippen LogP contribution in [0.1, 0.15) is 31.7 Å². The molecule has 1 N–H and O–H groups in total. The first-order valence-corrected chi connectivity index (χ1v) is 10.4. The molecule has 2 aliphatic rings. The molecule has 6 nitrogen and oxygen atoms in total. The van der Waals surface area contributed by atoms with Crippen LogP contribution >= 0.6 is 11.6 Å². The van der Waals surface area contributed by atoms with Gasteiger partial charge in [0.1, 0.15) is 6.04 Å². The maximum Gasteiger partial charge on any atom is 0.242 e. The van der Waals surface area contributed by atoms with Crippen LogP contribution < -0.4 is 5.32 Å². The van der Waals surface area contributed by atoms with Crippen LogP contribution in [0, 0.1) is 5.41 Å². The summed E-state index contributed by atoms with van der Waals surface area (Å²) >= 11 is 5.96. The van der Waals surface area contributed by atoms with Crippen molar-refractivity contribution < 1.29 is 14.3 Å². The van der Waals surface area contributed by atoms with Crippen molar-refractivity contribution >= 4 is 23.4 Å². The molecule has 2 heterocycles. The van der Waals surface area contributed by atoms with Crippen LogP contribution in [0.25, 0.3) is 0 Å². The quantitative estimate of drug-likeness (QED) is 0.704. The predicted molar refractivity (Wildman–Crippen MR) is 109 cm³/mol. The van der Waals surface area contributed by atoms with Gasteiger partial charge in [-0.15, -0.1) is 0 Å². The molecule has 28 heavy (non-hydrogen) atoms. The van der Waals surface area contributed by atoms with Gasteiger partial charge < -0.3 is 15.0 Å². The number of ether oxygens (including phenoxy) is 1. The van der Waals surface area contributed by atoms with Gasteiger partial charge in [0.15, 0.2) is 0 Å². The van der Waals surface area contributed by atoms with E-state index in [-0.39, 0.29) is 17.9 Å². The monoisotopic (exact) mass is 407 g/mol. The topological polar surface area (TPSA) is 61.9 Å². The minimum atomic E-state index is -0.393. The number of likely N-dealkylation sites (N-methyl/N-ethyl adjacent to an activating group) is 1. The van der Waals surface area contributed by atoms with Gasteiger partial charge in [-0.05, 0) is 57.0 Å². The summed E-state index contributed by atoms with van der Waals surface area (Å²) in [5, 5.41) is 3.64. The number of carbonyl (C=O) groups excluding carboxylic acids is 2. The van der Waals surface area contributed by atoms with E-state index in [1.807, 2.05) is 31.2 Å². The van der Waals surface area contributed by atoms with E-state index in [1.165, 1.54) is 5.56 Å². The largest absolute Gasteiger partial charge is 0.383 e. The Hall–Kier alpha value is -1.63. The van der Waals surface area contributed by atoms with Gasteiger partial charge in [-0.1, -0.05) is 23.7 Å². The Morgan fingerprint density at radius 1 is 1.29 bits per heavy atom. The highest BCUT2D eigenvalue weighted by Crippen LogP contribution is 2.44. The molecular weight excluding hydrogens is 378 g/mol. The fraction of sp³-hybridized carbons (Fsp3) is 0.619. The number of nitrogens with one attached hydrogen (secondary N) is 1. The number of piperidine rings is 1. The van der Waals surface area contributed by atoms with Crippen molar-refractivity contribution in [3.8, 4) is 0 Å². The van der Waals surface area contributed by atoms with E-state index in [0.717, 1.165) is 37.5 Å². The summed E-state index contributed by atoms with van der Waals surface area (Å²) in [4.78, 5) is 29.9. The van der Waals surface area contributed by atoms with Crippen molar-refractivity contribution in [1.29, 1.82) is 0 Å². The molecule has 0 saturated carbocycles. The predicted octanol–water partition coefficient (Wildman–Crippen LogP) is 2.31. The van der Waals surface area contributed by atoms with Gasteiger partial charge in [-0.25, -0.2) is 0 Å². The van der Waals surface area contributed by atoms with Gasteiger partial charge in [0.25, 0.3) is 0 Å². The maximum absolute atomic E-state index is 13.1. The lowest BCUT2D eigenvalue weighted by Gasteiger charge is -2.37. The Labute approximate surface area is 172 Å². The third-order valence-electron chi connectivity index (χ3n) is 6.06. The smallest absolute Gasteiger partial charge is 0.242 e. The van der Waals surface area contributed by atoms with E-state index < -0.39 is 5.41 Å². The Bertz CT molecular complexity index is 687. The number of amides is 2. The molecule has 0 aromatic heterocycles. The summed E-state index contributed by atoms with van der Waals surface area (Å²) in [6.45, 7) is 6.05. The third kappa shape index (κ3) is 4.50. The van der Waals surface area contributed by atoms with Gasteiger partial charge >= 0.3 is 0 Å². The second-order valence-corrected chi connectivity index (χ2v) is 8.21. The first-order valence-electron chi connectivity index (χ1n) is 10.0. The van der Waals surface area contributed by atoms with Crippen LogP contribution in [0.2, 0.25) is 5.02 Å². The van der Waals surface area contributed by atoms with E-state index in [0.29, 0.717) is 26.1 Å². The number of hydrogen-bond acceptors (Lipinski definition) is 4. The molecule has 2 fully saturated rings. The molecule has 0 bridgehead atoms. The molecule has 1 aromatic carbocycles. The summed E-state index contributed by atoms with van der Waals surface area (Å²) in [7, 11) is 1.61. The molecule has 2 aliphatic heterocycles. The molecular formula is C21H30ClN3O3. The van der Waals surface area contributed by atoms with E-state index in [9.17, 15) is 9.59 Å². The highest BCUT2D eigenvalue weighted by atomic mass is 35.5. The van der Waals surface area contributed by atoms with E-state index in [2.05, 4.69) is 10.2 Å². The van der Waals surface area contributed by atoms with Crippen molar-refractivity contribution in [2.75, 3.05) is 39.9 Å². The number of methoxy groups -OCH3 is 1. The van der Waals surface area contributed by atoms with Crippen LogP contribution in [-0.2, 0) is 20.9 Å². The SMILES string of the molecule is CCN1C(=O)C2(CCN(Cc3ccc(Cl)cc3)CC2)CC1C(=O)NCCOC. The molecule has 1 spiro atoms. The molecule has 154 valence electrons. The summed E-state index contributed by atoms with van der Waals surface area (Å²) in [5.41, 5.74) is 0.833. The molecule has 2 saturated heterocycles. The zero-order valence-corrected chi connectivity index (χ0v) is 17.5. The van der Waals surface area contributed by atoms with Gasteiger partial charge in [0, 0.05) is 31.8 Å². The first kappa shape index (κ1) is 21.1. The second kappa shape index (κ2) is 9.25. The highest BCUT2D eigenvalue weighted by Gasteiger charge is 2.53. The Kier molecular flexibility index (Phi) is 6.96. The third-order valence-corrected chi connectivity index (χ3v) is 6.31. The average Bonchev–Trinajstić information content (AvgIpc) is 2.97. The molecule has 0 radical (unpaired) electrons. The standard InChI is InChI=1S/C21H30ClN3O3/c1-3-25-18(19(26)23-10-13-28-2)14-21(20(25)27)8-11-24(12-9-21)15-16-4-6-17(22)7-5-16/h4-7,18H,3,8-15H2,1-2H3,(H,23,26). The van der Waals surface area contributed by atoms with Crippen molar-refractivity contribution in [3.05, 3.63) is 34.9 Å². The summed E-state index contributed by atoms with van der Waals surface area (Å²) in [6.07, 6.45) is 2.23. The van der Waals surface area contributed by atoms with E-state index in [1.54, 1.807) is 12.0 Å². The number of hydrogen-bond donors (Lipinski definition) is 1. The van der Waals surface area contributed by atoms with E-state index >= 15 is 0 Å². The minimum absolute atomic E-state index is 0.0623. The first-order chi connectivity index (χ1) is 13.5. The Morgan fingerprint density at radius 3 is 2.57 bits per heavy atom. The lowest BCUT2D eigenvalue weighted by atomic mass is 9.76. The molecule has 3 rings (SSSR count). The van der Waals surface area contributed by atoms with Crippen LogP contribution in [0.5, 0.6) is 0 Å². The zero-order valence-electron chi connectivity index (χ0n) is 16.7. The minimum Gasteiger partial charge on any atom is -0.383 e. The molecule has 1 atom stereocenters. The van der Waals surface area contributed by atoms with Gasteiger partial charge in [0.05, 0.1) is 12.0 Å². The number of benzene rings is 1. The van der Waals surface area contributed by atoms with Gasteiger partial charge in [0.2, 0.25) is 11.8 Å². The number of carbonyl (C=O) groups is 2. The van der Waals surface area contributed by atoms with Crippen molar-refractivity contribution in [2.24, 2.45) is 5.41 Å². The Morgan fingerprint density at radius 2 is 1.96 bits per heavy atom.